The van der Waals surface area contributed by atoms with Crippen molar-refractivity contribution in [3.8, 4) is 0 Å². The van der Waals surface area contributed by atoms with Gasteiger partial charge in [0.25, 0.3) is 0 Å². The fourth-order valence-corrected chi connectivity index (χ4v) is 7.29. The molecule has 3 aliphatic rings. The lowest BCUT2D eigenvalue weighted by Crippen LogP contribution is -2.68. The second kappa shape index (κ2) is 20.4. The molecule has 0 radical (unpaired) electrons. The summed E-state index contributed by atoms with van der Waals surface area (Å²) in [5.41, 5.74) is 3.95. The summed E-state index contributed by atoms with van der Waals surface area (Å²) >= 11 is 0. The van der Waals surface area contributed by atoms with Gasteiger partial charge in [-0.05, 0) is 22.3 Å². The lowest BCUT2D eigenvalue weighted by molar-refractivity contribution is -0.357. The van der Waals surface area contributed by atoms with Crippen LogP contribution in [-0.2, 0) is 78.6 Å². The molecular weight excluding hydrogens is 718 g/mol. The van der Waals surface area contributed by atoms with E-state index in [1.807, 2.05) is 121 Å². The molecule has 3 saturated heterocycles. The molecule has 1 amide bonds. The summed E-state index contributed by atoms with van der Waals surface area (Å²) < 4.78 is 65.1. The van der Waals surface area contributed by atoms with Crippen molar-refractivity contribution in [3.63, 3.8) is 0 Å². The van der Waals surface area contributed by atoms with Gasteiger partial charge in [0.15, 0.2) is 12.6 Å². The Morgan fingerprint density at radius 1 is 0.643 bits per heavy atom. The van der Waals surface area contributed by atoms with Crippen molar-refractivity contribution in [3.05, 3.63) is 144 Å². The minimum atomic E-state index is -1.02. The lowest BCUT2D eigenvalue weighted by Gasteiger charge is -2.49. The first-order valence-corrected chi connectivity index (χ1v) is 19.1. The number of benzene rings is 4. The normalized spacial score (nSPS) is 29.2. The van der Waals surface area contributed by atoms with Crippen LogP contribution in [-0.4, -0.2) is 94.4 Å². The Bertz CT molecular complexity index is 1740. The Kier molecular flexibility index (Phi) is 14.6. The predicted molar refractivity (Wildman–Crippen MR) is 204 cm³/mol. The molecule has 0 saturated carbocycles. The zero-order chi connectivity index (χ0) is 38.5. The SMILES string of the molecule is CO[C@@H]1O[C@@H]2COCO[C@H]3[C@H](O[C@H]2[C@H](OCc2ccccc2)[C@H]1NC(C)=O)O[C@H](COCc1ccccc1)[C@H](OCc1ccccc1)[C@@H]3OCc1ccccc1. The van der Waals surface area contributed by atoms with Crippen LogP contribution in [0, 0.1) is 0 Å². The van der Waals surface area contributed by atoms with Gasteiger partial charge in [-0.15, -0.1) is 0 Å². The Hall–Kier alpha value is -4.05. The van der Waals surface area contributed by atoms with E-state index in [4.69, 9.17) is 47.4 Å². The van der Waals surface area contributed by atoms with Gasteiger partial charge >= 0.3 is 0 Å². The van der Waals surface area contributed by atoms with Gasteiger partial charge in [-0.1, -0.05) is 121 Å². The van der Waals surface area contributed by atoms with Crippen LogP contribution in [0.5, 0.6) is 0 Å². The summed E-state index contributed by atoms with van der Waals surface area (Å²) in [4.78, 5) is 12.6. The minimum absolute atomic E-state index is 0.0923. The van der Waals surface area contributed by atoms with Crippen LogP contribution in [0.3, 0.4) is 0 Å². The molecule has 3 heterocycles. The largest absolute Gasteiger partial charge is 0.374 e. The third-order valence-electron chi connectivity index (χ3n) is 10.0. The third-order valence-corrected chi connectivity index (χ3v) is 10.0. The Balaban J connectivity index is 1.22. The van der Waals surface area contributed by atoms with E-state index >= 15 is 0 Å². The second-order valence-electron chi connectivity index (χ2n) is 14.1. The Labute approximate surface area is 328 Å². The molecule has 0 aromatic heterocycles. The van der Waals surface area contributed by atoms with Crippen molar-refractivity contribution in [1.29, 1.82) is 0 Å². The number of ether oxygens (including phenoxy) is 10. The van der Waals surface area contributed by atoms with Gasteiger partial charge in [0.2, 0.25) is 5.91 Å². The van der Waals surface area contributed by atoms with Gasteiger partial charge in [0.05, 0.1) is 39.6 Å². The van der Waals surface area contributed by atoms with Gasteiger partial charge in [-0.25, -0.2) is 0 Å². The average Bonchev–Trinajstić information content (AvgIpc) is 3.31. The first-order valence-electron chi connectivity index (χ1n) is 19.1. The van der Waals surface area contributed by atoms with Crippen molar-refractivity contribution in [2.45, 2.75) is 94.7 Å². The summed E-state index contributed by atoms with van der Waals surface area (Å²) in [5.74, 6) is -0.273. The van der Waals surface area contributed by atoms with Crippen LogP contribution >= 0.6 is 0 Å². The monoisotopic (exact) mass is 769 g/mol. The predicted octanol–water partition coefficient (Wildman–Crippen LogP) is 5.32. The maximum Gasteiger partial charge on any atom is 0.217 e. The Morgan fingerprint density at radius 2 is 1.16 bits per heavy atom. The number of nitrogens with one attached hydrogen (secondary N) is 1. The molecule has 56 heavy (non-hydrogen) atoms. The van der Waals surface area contributed by atoms with Gasteiger partial charge in [0, 0.05) is 14.0 Å². The highest BCUT2D eigenvalue weighted by Crippen LogP contribution is 2.36. The number of hydrogen-bond acceptors (Lipinski definition) is 11. The summed E-state index contributed by atoms with van der Waals surface area (Å²) in [6.07, 6.45) is -6.93. The van der Waals surface area contributed by atoms with Crippen molar-refractivity contribution < 1.29 is 52.2 Å². The van der Waals surface area contributed by atoms with E-state index in [-0.39, 0.29) is 39.1 Å². The summed E-state index contributed by atoms with van der Waals surface area (Å²) in [6.45, 7) is 2.79. The molecule has 3 fully saturated rings. The molecule has 4 aromatic carbocycles. The number of carbonyl (C=O) groups is 1. The standard InChI is InChI=1S/C44H51NO11/c1-30(46)45-37-40(51-25-33-19-11-5-12-20-33)39-36(54-43(37)47-2)28-49-29-53-42-41(52-26-34-21-13-6-14-22-34)38(50-24-32-17-9-4-10-18-32)35(55-44(42)56-39)27-48-23-31-15-7-3-8-16-31/h3-22,35-44H,23-29H2,1-2H3,(H,45,46)/t35-,36-,37-,38+,39-,40-,41+,42-,43-,44+/m1/s1. The molecule has 0 bridgehead atoms. The molecule has 0 unspecified atom stereocenters. The van der Waals surface area contributed by atoms with Crippen molar-refractivity contribution in [2.24, 2.45) is 0 Å². The molecule has 10 atom stereocenters. The lowest BCUT2D eigenvalue weighted by atomic mass is 9.94. The van der Waals surface area contributed by atoms with E-state index in [0.717, 1.165) is 22.3 Å². The van der Waals surface area contributed by atoms with E-state index in [1.165, 1.54) is 14.0 Å². The van der Waals surface area contributed by atoms with Crippen LogP contribution in [0.1, 0.15) is 29.2 Å². The summed E-state index contributed by atoms with van der Waals surface area (Å²) in [5, 5.41) is 2.99. The highest BCUT2D eigenvalue weighted by atomic mass is 16.8. The average molecular weight is 770 g/mol. The Morgan fingerprint density at radius 3 is 1.70 bits per heavy atom. The highest BCUT2D eigenvalue weighted by molar-refractivity contribution is 5.73. The van der Waals surface area contributed by atoms with Gasteiger partial charge in [-0.3, -0.25) is 4.79 Å². The molecule has 298 valence electrons. The van der Waals surface area contributed by atoms with E-state index < -0.39 is 61.3 Å². The summed E-state index contributed by atoms with van der Waals surface area (Å²) in [7, 11) is 1.53. The van der Waals surface area contributed by atoms with Crippen molar-refractivity contribution in [2.75, 3.05) is 27.1 Å². The molecule has 0 aliphatic carbocycles. The number of carbonyl (C=O) groups excluding carboxylic acids is 1. The number of fused-ring (bicyclic) bond motifs is 2. The van der Waals surface area contributed by atoms with E-state index in [9.17, 15) is 4.79 Å². The first kappa shape index (κ1) is 40.2. The smallest absolute Gasteiger partial charge is 0.217 e. The van der Waals surface area contributed by atoms with Gasteiger partial charge in [0.1, 0.15) is 55.6 Å². The van der Waals surface area contributed by atoms with Crippen LogP contribution in [0.25, 0.3) is 0 Å². The van der Waals surface area contributed by atoms with E-state index in [0.29, 0.717) is 13.2 Å². The van der Waals surface area contributed by atoms with Crippen molar-refractivity contribution >= 4 is 5.91 Å². The van der Waals surface area contributed by atoms with E-state index in [1.54, 1.807) is 0 Å². The minimum Gasteiger partial charge on any atom is -0.374 e. The number of rotatable bonds is 15. The fraction of sp³-hybridized carbons (Fsp3) is 0.432. The van der Waals surface area contributed by atoms with Crippen LogP contribution < -0.4 is 5.32 Å². The zero-order valence-corrected chi connectivity index (χ0v) is 31.8. The maximum atomic E-state index is 12.6. The number of methoxy groups -OCH3 is 1. The van der Waals surface area contributed by atoms with Gasteiger partial charge < -0.3 is 52.7 Å². The van der Waals surface area contributed by atoms with Crippen molar-refractivity contribution in [1.82, 2.24) is 5.32 Å². The topological polar surface area (TPSA) is 121 Å². The molecule has 7 rings (SSSR count). The molecule has 0 spiro atoms. The first-order chi connectivity index (χ1) is 27.6. The highest BCUT2D eigenvalue weighted by Gasteiger charge is 2.55. The van der Waals surface area contributed by atoms with Gasteiger partial charge in [-0.2, -0.15) is 0 Å². The molecule has 4 aromatic rings. The molecular formula is C44H51NO11. The quantitative estimate of drug-likeness (QED) is 0.169. The third kappa shape index (κ3) is 10.7. The fourth-order valence-electron chi connectivity index (χ4n) is 7.29. The van der Waals surface area contributed by atoms with Crippen LogP contribution in [0.4, 0.5) is 0 Å². The summed E-state index contributed by atoms with van der Waals surface area (Å²) in [6, 6.07) is 38.9. The van der Waals surface area contributed by atoms with Crippen LogP contribution in [0.15, 0.2) is 121 Å². The van der Waals surface area contributed by atoms with Crippen LogP contribution in [0.2, 0.25) is 0 Å². The number of hydrogen-bond donors (Lipinski definition) is 1. The molecule has 1 N–H and O–H groups in total. The van der Waals surface area contributed by atoms with E-state index in [2.05, 4.69) is 5.32 Å². The molecule has 12 heteroatoms. The number of amides is 1. The second-order valence-corrected chi connectivity index (χ2v) is 14.1. The maximum absolute atomic E-state index is 12.6. The molecule has 12 nitrogen and oxygen atoms in total. The molecule has 3 aliphatic heterocycles. The zero-order valence-electron chi connectivity index (χ0n) is 31.8.